The number of nitrogens with one attached hydrogen (secondary N) is 1. The second-order valence-electron chi connectivity index (χ2n) is 13.9. The molecular formula is C41H53N3O5S. The Morgan fingerprint density at radius 3 is 2.10 bits per heavy atom. The van der Waals surface area contributed by atoms with Crippen LogP contribution >= 0.6 is 11.3 Å². The first-order chi connectivity index (χ1) is 24.0. The van der Waals surface area contributed by atoms with Gasteiger partial charge in [-0.15, -0.1) is 11.3 Å². The zero-order valence-electron chi connectivity index (χ0n) is 30.6. The van der Waals surface area contributed by atoms with Gasteiger partial charge < -0.3 is 24.4 Å². The van der Waals surface area contributed by atoms with E-state index >= 15 is 4.79 Å². The van der Waals surface area contributed by atoms with Gasteiger partial charge in [0.2, 0.25) is 5.91 Å². The Kier molecular flexibility index (Phi) is 12.7. The monoisotopic (exact) mass is 699 g/mol. The molecule has 0 saturated carbocycles. The minimum Gasteiger partial charge on any atom is -0.444 e. The molecule has 4 aromatic rings. The summed E-state index contributed by atoms with van der Waals surface area (Å²) in [4.78, 5) is 31.9. The van der Waals surface area contributed by atoms with E-state index in [-0.39, 0.29) is 18.0 Å². The molecular weight excluding hydrogens is 647 g/mol. The van der Waals surface area contributed by atoms with Crippen molar-refractivity contribution in [1.29, 1.82) is 0 Å². The van der Waals surface area contributed by atoms with Crippen LogP contribution < -0.4 is 5.32 Å². The van der Waals surface area contributed by atoms with Crippen LogP contribution in [0.1, 0.15) is 83.5 Å². The van der Waals surface area contributed by atoms with E-state index in [1.165, 1.54) is 27.0 Å². The highest BCUT2D eigenvalue weighted by molar-refractivity contribution is 7.17. The molecule has 0 unspecified atom stereocenters. The number of fused-ring (bicyclic) bond motifs is 4. The van der Waals surface area contributed by atoms with Crippen molar-refractivity contribution >= 4 is 33.4 Å². The number of likely N-dealkylation sites (N-methyl/N-ethyl adjacent to an activating group) is 1. The van der Waals surface area contributed by atoms with Gasteiger partial charge in [-0.2, -0.15) is 0 Å². The van der Waals surface area contributed by atoms with Crippen LogP contribution in [0, 0.1) is 0 Å². The molecule has 0 aliphatic heterocycles. The Morgan fingerprint density at radius 1 is 0.880 bits per heavy atom. The van der Waals surface area contributed by atoms with E-state index in [1.54, 1.807) is 11.3 Å². The summed E-state index contributed by atoms with van der Waals surface area (Å²) in [5.41, 5.74) is 5.35. The summed E-state index contributed by atoms with van der Waals surface area (Å²) in [6, 6.07) is 24.5. The van der Waals surface area contributed by atoms with Crippen LogP contribution in [0.5, 0.6) is 0 Å². The van der Waals surface area contributed by atoms with Gasteiger partial charge in [-0.3, -0.25) is 9.69 Å². The van der Waals surface area contributed by atoms with E-state index < -0.39 is 24.0 Å². The number of amides is 2. The van der Waals surface area contributed by atoms with Crippen molar-refractivity contribution in [3.8, 4) is 11.1 Å². The van der Waals surface area contributed by atoms with Crippen molar-refractivity contribution in [1.82, 2.24) is 15.1 Å². The zero-order valence-corrected chi connectivity index (χ0v) is 31.4. The zero-order chi connectivity index (χ0) is 35.8. The summed E-state index contributed by atoms with van der Waals surface area (Å²) in [5.74, 6) is 0.0293. The number of ether oxygens (including phenoxy) is 3. The van der Waals surface area contributed by atoms with E-state index in [9.17, 15) is 4.79 Å². The summed E-state index contributed by atoms with van der Waals surface area (Å²) in [6.07, 6.45) is 1.04. The Hall–Kier alpha value is -3.76. The van der Waals surface area contributed by atoms with Gasteiger partial charge in [-0.1, -0.05) is 66.7 Å². The molecule has 1 aliphatic carbocycles. The molecule has 50 heavy (non-hydrogen) atoms. The second kappa shape index (κ2) is 17.0. The highest BCUT2D eigenvalue weighted by Gasteiger charge is 2.40. The van der Waals surface area contributed by atoms with Gasteiger partial charge in [0.1, 0.15) is 5.60 Å². The number of carbonyl (C=O) groups excluding carboxylic acids is 2. The van der Waals surface area contributed by atoms with Crippen LogP contribution in [0.4, 0.5) is 4.79 Å². The van der Waals surface area contributed by atoms with Crippen molar-refractivity contribution < 1.29 is 23.8 Å². The van der Waals surface area contributed by atoms with Crippen LogP contribution in [0.3, 0.4) is 0 Å². The second-order valence-corrected chi connectivity index (χ2v) is 14.8. The predicted octanol–water partition coefficient (Wildman–Crippen LogP) is 8.78. The van der Waals surface area contributed by atoms with Crippen molar-refractivity contribution in [2.24, 2.45) is 0 Å². The first kappa shape index (κ1) is 37.5. The van der Waals surface area contributed by atoms with Crippen molar-refractivity contribution in [2.45, 2.75) is 97.4 Å². The summed E-state index contributed by atoms with van der Waals surface area (Å²) in [5, 5.41) is 6.20. The number of thiophene rings is 1. The maximum Gasteiger partial charge on any atom is 0.407 e. The van der Waals surface area contributed by atoms with Gasteiger partial charge >= 0.3 is 6.09 Å². The highest BCUT2D eigenvalue weighted by Crippen LogP contribution is 2.46. The molecule has 2 atom stereocenters. The Bertz CT molecular complexity index is 1680. The minimum atomic E-state index is -0.573. The number of carbonyl (C=O) groups is 2. The predicted molar refractivity (Wildman–Crippen MR) is 202 cm³/mol. The van der Waals surface area contributed by atoms with Crippen molar-refractivity contribution in [2.75, 3.05) is 26.8 Å². The van der Waals surface area contributed by atoms with Crippen molar-refractivity contribution in [3.63, 3.8) is 0 Å². The van der Waals surface area contributed by atoms with Gasteiger partial charge in [0, 0.05) is 31.0 Å². The van der Waals surface area contributed by atoms with Gasteiger partial charge in [0.05, 0.1) is 18.1 Å². The molecule has 9 heteroatoms. The van der Waals surface area contributed by atoms with Gasteiger partial charge in [-0.05, 0) is 113 Å². The lowest BCUT2D eigenvalue weighted by Gasteiger charge is -2.40. The van der Waals surface area contributed by atoms with E-state index in [2.05, 4.69) is 83.3 Å². The summed E-state index contributed by atoms with van der Waals surface area (Å²) < 4.78 is 18.8. The first-order valence-electron chi connectivity index (χ1n) is 17.9. The number of alkyl carbamates (subject to hydrolysis) is 1. The van der Waals surface area contributed by atoms with E-state index in [4.69, 9.17) is 14.2 Å². The number of rotatable bonds is 16. The fourth-order valence-electron chi connectivity index (χ4n) is 6.97. The number of hydrogen-bond donors (Lipinski definition) is 1. The van der Waals surface area contributed by atoms with Crippen molar-refractivity contribution in [3.05, 3.63) is 94.9 Å². The molecule has 268 valence electrons. The van der Waals surface area contributed by atoms with E-state index in [0.717, 1.165) is 17.4 Å². The summed E-state index contributed by atoms with van der Waals surface area (Å²) in [6.45, 7) is 13.3. The fourth-order valence-corrected chi connectivity index (χ4v) is 7.93. The SMILES string of the molecule is CCOC(OCC)[C@H](C)N(Cc1csc2ccccc12)C(=O)[C@H](CCCCNC(=O)OC(C)(C)C)N(C)C1c2ccccc2-c2ccccc21. The quantitative estimate of drug-likeness (QED) is 0.0931. The van der Waals surface area contributed by atoms with E-state index in [0.29, 0.717) is 39.1 Å². The molecule has 1 N–H and O–H groups in total. The molecule has 2 amide bonds. The van der Waals surface area contributed by atoms with Crippen LogP contribution in [-0.4, -0.2) is 72.6 Å². The average Bonchev–Trinajstić information content (AvgIpc) is 3.66. The highest BCUT2D eigenvalue weighted by atomic mass is 32.1. The number of hydrogen-bond acceptors (Lipinski definition) is 7. The molecule has 0 spiro atoms. The number of nitrogens with zero attached hydrogens (tertiary/aromatic N) is 2. The molecule has 0 fully saturated rings. The molecule has 1 heterocycles. The molecule has 0 saturated heterocycles. The Morgan fingerprint density at radius 2 is 1.48 bits per heavy atom. The topological polar surface area (TPSA) is 80.3 Å². The Balaban J connectivity index is 1.48. The fraction of sp³-hybridized carbons (Fsp3) is 0.463. The molecule has 1 aromatic heterocycles. The van der Waals surface area contributed by atoms with Crippen LogP contribution in [-0.2, 0) is 25.5 Å². The molecule has 1 aliphatic rings. The normalized spacial score (nSPS) is 14.1. The molecule has 3 aromatic carbocycles. The smallest absolute Gasteiger partial charge is 0.407 e. The van der Waals surface area contributed by atoms with E-state index in [1.807, 2.05) is 58.6 Å². The number of benzene rings is 3. The van der Waals surface area contributed by atoms with Gasteiger partial charge in [0.15, 0.2) is 6.29 Å². The maximum absolute atomic E-state index is 15.3. The lowest BCUT2D eigenvalue weighted by molar-refractivity contribution is -0.181. The Labute approximate surface area is 301 Å². The largest absolute Gasteiger partial charge is 0.444 e. The minimum absolute atomic E-state index is 0.0293. The maximum atomic E-state index is 15.3. The third-order valence-corrected chi connectivity index (χ3v) is 10.3. The molecule has 8 nitrogen and oxygen atoms in total. The third-order valence-electron chi connectivity index (χ3n) is 9.29. The number of unbranched alkanes of at least 4 members (excludes halogenated alkanes) is 1. The van der Waals surface area contributed by atoms with Crippen LogP contribution in [0.2, 0.25) is 0 Å². The standard InChI is InChI=1S/C41H53N3O5S/c1-8-47-39(48-9-2)28(3)44(26-29-27-50-36-24-15-14-18-30(29)36)38(45)35(23-16-17-25-42-40(46)49-41(4,5)6)43(7)37-33-21-12-10-19-31(33)32-20-11-13-22-34(32)37/h10-15,18-22,24,27-28,35,37,39H,8-9,16-17,23,25-26H2,1-7H3,(H,42,46)/t28-,35-/m0/s1. The summed E-state index contributed by atoms with van der Waals surface area (Å²) >= 11 is 1.70. The average molecular weight is 700 g/mol. The molecule has 5 rings (SSSR count). The molecule has 0 bridgehead atoms. The van der Waals surface area contributed by atoms with Crippen LogP contribution in [0.15, 0.2) is 78.2 Å². The third kappa shape index (κ3) is 8.75. The summed E-state index contributed by atoms with van der Waals surface area (Å²) in [7, 11) is 2.08. The lowest BCUT2D eigenvalue weighted by Crippen LogP contribution is -2.54. The van der Waals surface area contributed by atoms with Gasteiger partial charge in [0.25, 0.3) is 0 Å². The van der Waals surface area contributed by atoms with Gasteiger partial charge in [-0.25, -0.2) is 4.79 Å². The molecule has 0 radical (unpaired) electrons. The first-order valence-corrected chi connectivity index (χ1v) is 18.8. The lowest BCUT2D eigenvalue weighted by atomic mass is 9.98. The van der Waals surface area contributed by atoms with Crippen LogP contribution in [0.25, 0.3) is 21.2 Å².